The summed E-state index contributed by atoms with van der Waals surface area (Å²) in [6, 6.07) is 7.21. The molecule has 0 heterocycles. The minimum Gasteiger partial charge on any atom is -0.476 e. The quantitative estimate of drug-likeness (QED) is 0.442. The molecule has 0 aliphatic heterocycles. The lowest BCUT2D eigenvalue weighted by molar-refractivity contribution is -0.513. The highest BCUT2D eigenvalue weighted by Gasteiger charge is 2.27. The van der Waals surface area contributed by atoms with Crippen LogP contribution in [0.25, 0.3) is 0 Å². The molecule has 7 heteroatoms. The molecule has 92 valence electrons. The minimum atomic E-state index is -1.88. The van der Waals surface area contributed by atoms with Gasteiger partial charge in [-0.15, -0.1) is 0 Å². The van der Waals surface area contributed by atoms with Crippen molar-refractivity contribution in [1.82, 2.24) is 0 Å². The van der Waals surface area contributed by atoms with Crippen LogP contribution in [0.3, 0.4) is 0 Å². The van der Waals surface area contributed by atoms with Gasteiger partial charge in [0.25, 0.3) is 0 Å². The first-order valence-corrected chi connectivity index (χ1v) is 4.50. The van der Waals surface area contributed by atoms with Gasteiger partial charge in [0.05, 0.1) is 0 Å². The predicted octanol–water partition coefficient (Wildman–Crippen LogP) is 0.208. The number of aliphatic hydroxyl groups excluding tert-OH is 1. The van der Waals surface area contributed by atoms with E-state index in [0.29, 0.717) is 0 Å². The third-order valence-electron chi connectivity index (χ3n) is 1.65. The first-order chi connectivity index (χ1) is 8.02. The van der Waals surface area contributed by atoms with Gasteiger partial charge in [0.1, 0.15) is 12.9 Å². The Labute approximate surface area is 96.5 Å². The summed E-state index contributed by atoms with van der Waals surface area (Å²) in [5.74, 6) is -1.62. The molecule has 0 radical (unpaired) electrons. The van der Waals surface area contributed by atoms with Crippen LogP contribution < -0.4 is 0 Å². The highest BCUT2D eigenvalue weighted by molar-refractivity contribution is 5.74. The van der Waals surface area contributed by atoms with Gasteiger partial charge >= 0.3 is 12.0 Å². The van der Waals surface area contributed by atoms with Gasteiger partial charge in [0.15, 0.2) is 0 Å². The van der Waals surface area contributed by atoms with Crippen molar-refractivity contribution in [2.24, 2.45) is 0 Å². The number of hydrogen-bond acceptors (Lipinski definition) is 5. The summed E-state index contributed by atoms with van der Waals surface area (Å²) in [6.07, 6.45) is 0.833. The average Bonchev–Trinajstić information content (AvgIpc) is 2.31. The van der Waals surface area contributed by atoms with E-state index in [-0.39, 0.29) is 0 Å². The first-order valence-electron chi connectivity index (χ1n) is 4.50. The molecule has 1 aromatic rings. The van der Waals surface area contributed by atoms with Gasteiger partial charge in [-0.25, -0.2) is 4.79 Å². The third-order valence-corrected chi connectivity index (χ3v) is 1.65. The molecule has 17 heavy (non-hydrogen) atoms. The maximum atomic E-state index is 10.0. The van der Waals surface area contributed by atoms with E-state index in [4.69, 9.17) is 10.2 Å². The van der Waals surface area contributed by atoms with E-state index < -0.39 is 23.5 Å². The summed E-state index contributed by atoms with van der Waals surface area (Å²) >= 11 is 0. The van der Waals surface area contributed by atoms with Gasteiger partial charge in [-0.3, -0.25) is 14.9 Å². The molecule has 0 aliphatic carbocycles. The summed E-state index contributed by atoms with van der Waals surface area (Å²) < 4.78 is 0. The number of nitrogens with zero attached hydrogens (tertiary/aromatic N) is 1. The number of benzene rings is 1. The Hall–Kier alpha value is -2.28. The van der Waals surface area contributed by atoms with Crippen LogP contribution in [0, 0.1) is 10.1 Å². The van der Waals surface area contributed by atoms with Crippen molar-refractivity contribution in [2.75, 3.05) is 6.61 Å². The maximum absolute atomic E-state index is 10.0. The van der Waals surface area contributed by atoms with E-state index in [0.717, 1.165) is 11.8 Å². The largest absolute Gasteiger partial charge is 0.476 e. The molecule has 0 saturated heterocycles. The molecule has 0 aromatic heterocycles. The topological polar surface area (TPSA) is 118 Å². The fraction of sp³-hybridized carbons (Fsp3) is 0.200. The second-order valence-electron chi connectivity index (χ2n) is 2.85. The van der Waals surface area contributed by atoms with Crippen LogP contribution >= 0.6 is 0 Å². The summed E-state index contributed by atoms with van der Waals surface area (Å²) in [6.45, 7) is -0.970. The highest BCUT2D eigenvalue weighted by Crippen LogP contribution is 1.91. The van der Waals surface area contributed by atoms with Gasteiger partial charge < -0.3 is 10.2 Å². The SMILES string of the molecule is O=C(O)C(CO)[N+](=O)[O-].O=Cc1ccccc1. The molecule has 0 spiro atoms. The van der Waals surface area contributed by atoms with Gasteiger partial charge in [-0.1, -0.05) is 30.3 Å². The lowest BCUT2D eigenvalue weighted by Crippen LogP contribution is -2.32. The molecular formula is C10H11NO6. The Balaban J connectivity index is 0.000000302. The Morgan fingerprint density at radius 1 is 1.41 bits per heavy atom. The summed E-state index contributed by atoms with van der Waals surface area (Å²) in [4.78, 5) is 28.4. The number of hydrogen-bond donors (Lipinski definition) is 2. The molecule has 1 rings (SSSR count). The van der Waals surface area contributed by atoms with Crippen molar-refractivity contribution < 1.29 is 24.7 Å². The lowest BCUT2D eigenvalue weighted by Gasteiger charge is -1.97. The lowest BCUT2D eigenvalue weighted by atomic mass is 10.2. The fourth-order valence-electron chi connectivity index (χ4n) is 0.767. The Morgan fingerprint density at radius 2 is 1.94 bits per heavy atom. The number of carboxylic acid groups (broad SMARTS) is 1. The van der Waals surface area contributed by atoms with Crippen LogP contribution in [0.2, 0.25) is 0 Å². The minimum absolute atomic E-state index is 0.729. The van der Waals surface area contributed by atoms with E-state index in [9.17, 15) is 19.7 Å². The molecule has 0 amide bonds. The molecule has 0 fully saturated rings. The van der Waals surface area contributed by atoms with E-state index in [1.165, 1.54) is 0 Å². The Kier molecular flexibility index (Phi) is 6.88. The number of carboxylic acids is 1. The van der Waals surface area contributed by atoms with Crippen LogP contribution in [-0.4, -0.2) is 40.0 Å². The monoisotopic (exact) mass is 241 g/mol. The molecule has 1 aromatic carbocycles. The van der Waals surface area contributed by atoms with E-state index in [1.54, 1.807) is 12.1 Å². The Bertz CT molecular complexity index is 364. The van der Waals surface area contributed by atoms with E-state index >= 15 is 0 Å². The zero-order valence-electron chi connectivity index (χ0n) is 8.72. The first kappa shape index (κ1) is 14.7. The average molecular weight is 241 g/mol. The van der Waals surface area contributed by atoms with Crippen LogP contribution in [-0.2, 0) is 4.79 Å². The molecule has 0 saturated carbocycles. The second kappa shape index (κ2) is 7.94. The van der Waals surface area contributed by atoms with Crippen molar-refractivity contribution in [3.8, 4) is 0 Å². The highest BCUT2D eigenvalue weighted by atomic mass is 16.6. The maximum Gasteiger partial charge on any atom is 0.381 e. The van der Waals surface area contributed by atoms with Crippen molar-refractivity contribution in [3.63, 3.8) is 0 Å². The fourth-order valence-corrected chi connectivity index (χ4v) is 0.767. The van der Waals surface area contributed by atoms with Crippen molar-refractivity contribution >= 4 is 12.3 Å². The van der Waals surface area contributed by atoms with Crippen LogP contribution in [0.5, 0.6) is 0 Å². The standard InChI is InChI=1S/C7H6O.C3H5NO5/c8-6-7-4-2-1-3-5-7;5-1-2(3(6)7)4(8)9/h1-6H;2,5H,1H2,(H,6,7). The number of aliphatic hydroxyl groups is 1. The van der Waals surface area contributed by atoms with E-state index in [1.807, 2.05) is 18.2 Å². The number of carbonyl (C=O) groups excluding carboxylic acids is 1. The molecule has 1 unspecified atom stereocenters. The number of aliphatic carboxylic acids is 1. The summed E-state index contributed by atoms with van der Waals surface area (Å²) in [7, 11) is 0. The number of nitro groups is 1. The van der Waals surface area contributed by atoms with Crippen molar-refractivity contribution in [1.29, 1.82) is 0 Å². The molecule has 1 atom stereocenters. The molecule has 7 nitrogen and oxygen atoms in total. The van der Waals surface area contributed by atoms with Gasteiger partial charge in [-0.05, 0) is 0 Å². The van der Waals surface area contributed by atoms with Crippen molar-refractivity contribution in [2.45, 2.75) is 6.04 Å². The molecule has 2 N–H and O–H groups in total. The van der Waals surface area contributed by atoms with Crippen molar-refractivity contribution in [3.05, 3.63) is 46.0 Å². The zero-order valence-corrected chi connectivity index (χ0v) is 8.72. The number of carbonyl (C=O) groups is 2. The smallest absolute Gasteiger partial charge is 0.381 e. The normalized spacial score (nSPS) is 10.6. The summed E-state index contributed by atoms with van der Waals surface area (Å²) in [5.41, 5.74) is 0.729. The van der Waals surface area contributed by atoms with Crippen LogP contribution in [0.1, 0.15) is 10.4 Å². The van der Waals surface area contributed by atoms with Crippen LogP contribution in [0.15, 0.2) is 30.3 Å². The van der Waals surface area contributed by atoms with Crippen LogP contribution in [0.4, 0.5) is 0 Å². The number of aldehydes is 1. The zero-order chi connectivity index (χ0) is 13.3. The number of rotatable bonds is 4. The van der Waals surface area contributed by atoms with Gasteiger partial charge in [-0.2, -0.15) is 0 Å². The molecular weight excluding hydrogens is 230 g/mol. The predicted molar refractivity (Wildman–Crippen MR) is 57.3 cm³/mol. The second-order valence-corrected chi connectivity index (χ2v) is 2.85. The molecule has 0 aliphatic rings. The van der Waals surface area contributed by atoms with E-state index in [2.05, 4.69) is 0 Å². The summed E-state index contributed by atoms with van der Waals surface area (Å²) in [5, 5.41) is 25.6. The van der Waals surface area contributed by atoms with Gasteiger partial charge in [0, 0.05) is 10.5 Å². The van der Waals surface area contributed by atoms with Gasteiger partial charge in [0.2, 0.25) is 0 Å². The third kappa shape index (κ3) is 6.00. The molecule has 0 bridgehead atoms. The Morgan fingerprint density at radius 3 is 2.12 bits per heavy atom.